The van der Waals surface area contributed by atoms with Crippen molar-refractivity contribution in [1.29, 1.82) is 0 Å². The van der Waals surface area contributed by atoms with Crippen LogP contribution >= 0.6 is 24.8 Å². The van der Waals surface area contributed by atoms with Crippen molar-refractivity contribution in [2.75, 3.05) is 19.6 Å². The van der Waals surface area contributed by atoms with Gasteiger partial charge in [0, 0.05) is 44.4 Å². The number of aromatic nitrogens is 2. The lowest BCUT2D eigenvalue weighted by atomic mass is 9.89. The highest BCUT2D eigenvalue weighted by Crippen LogP contribution is 2.32. The van der Waals surface area contributed by atoms with Gasteiger partial charge < -0.3 is 15.2 Å². The van der Waals surface area contributed by atoms with Crippen molar-refractivity contribution < 1.29 is 4.79 Å². The molecule has 0 spiro atoms. The summed E-state index contributed by atoms with van der Waals surface area (Å²) in [6.45, 7) is 2.83. The molecule has 1 saturated heterocycles. The molecule has 0 saturated carbocycles. The molecule has 1 aromatic carbocycles. The average molecular weight is 371 g/mol. The number of nitrogens with zero attached hydrogens (tertiary/aromatic N) is 3. The minimum Gasteiger partial charge on any atom is -0.342 e. The van der Waals surface area contributed by atoms with Crippen LogP contribution in [0.2, 0.25) is 0 Å². The minimum absolute atomic E-state index is 0. The van der Waals surface area contributed by atoms with Gasteiger partial charge in [0.25, 0.3) is 0 Å². The highest BCUT2D eigenvalue weighted by Gasteiger charge is 2.34. The fraction of sp³-hybridized carbons (Fsp3) is 0.412. The van der Waals surface area contributed by atoms with E-state index in [0.717, 1.165) is 13.1 Å². The number of amides is 1. The van der Waals surface area contributed by atoms with Crippen LogP contribution in [0.15, 0.2) is 49.1 Å². The number of imidazole rings is 1. The van der Waals surface area contributed by atoms with Crippen molar-refractivity contribution in [3.05, 3.63) is 54.6 Å². The minimum atomic E-state index is 0. The van der Waals surface area contributed by atoms with Gasteiger partial charge in [-0.1, -0.05) is 30.3 Å². The predicted molar refractivity (Wildman–Crippen MR) is 99.6 cm³/mol. The molecule has 3 rings (SSSR count). The van der Waals surface area contributed by atoms with E-state index in [2.05, 4.69) is 17.1 Å². The molecule has 0 bridgehead atoms. The standard InChI is InChI=1S/C17H22N4O.2ClH/c18-10-15-11-21(12-16(15)14-4-2-1-3-5-14)17(22)6-8-20-9-7-19-13-20;;/h1-5,7,9,13,15-16H,6,8,10-12,18H2;2*1H/t15-,16+;;/m1../s1. The Bertz CT molecular complexity index is 606. The maximum atomic E-state index is 12.4. The zero-order chi connectivity index (χ0) is 15.4. The molecule has 0 radical (unpaired) electrons. The van der Waals surface area contributed by atoms with Crippen LogP contribution in [0.1, 0.15) is 17.9 Å². The van der Waals surface area contributed by atoms with Gasteiger partial charge in [-0.2, -0.15) is 0 Å². The molecule has 132 valence electrons. The Morgan fingerprint density at radius 1 is 1.21 bits per heavy atom. The van der Waals surface area contributed by atoms with Crippen molar-refractivity contribution in [1.82, 2.24) is 14.5 Å². The van der Waals surface area contributed by atoms with Crippen LogP contribution in [-0.4, -0.2) is 40.0 Å². The van der Waals surface area contributed by atoms with Gasteiger partial charge in [0.2, 0.25) is 5.91 Å². The molecule has 24 heavy (non-hydrogen) atoms. The molecule has 2 heterocycles. The summed E-state index contributed by atoms with van der Waals surface area (Å²) in [5, 5.41) is 0. The Morgan fingerprint density at radius 3 is 2.58 bits per heavy atom. The summed E-state index contributed by atoms with van der Waals surface area (Å²) in [4.78, 5) is 18.4. The van der Waals surface area contributed by atoms with E-state index < -0.39 is 0 Å². The summed E-state index contributed by atoms with van der Waals surface area (Å²) in [6.07, 6.45) is 5.87. The van der Waals surface area contributed by atoms with Crippen LogP contribution in [-0.2, 0) is 11.3 Å². The number of rotatable bonds is 5. The average Bonchev–Trinajstić information content (AvgIpc) is 3.22. The first-order chi connectivity index (χ1) is 10.8. The van der Waals surface area contributed by atoms with Gasteiger partial charge in [0.1, 0.15) is 0 Å². The van der Waals surface area contributed by atoms with Crippen molar-refractivity contribution in [3.8, 4) is 0 Å². The van der Waals surface area contributed by atoms with Crippen LogP contribution in [0, 0.1) is 5.92 Å². The number of hydrogen-bond acceptors (Lipinski definition) is 3. The van der Waals surface area contributed by atoms with Crippen molar-refractivity contribution in [2.45, 2.75) is 18.9 Å². The molecule has 2 aromatic rings. The van der Waals surface area contributed by atoms with Gasteiger partial charge >= 0.3 is 0 Å². The second-order valence-corrected chi connectivity index (χ2v) is 5.86. The van der Waals surface area contributed by atoms with Crippen LogP contribution < -0.4 is 5.73 Å². The molecule has 2 atom stereocenters. The molecule has 2 N–H and O–H groups in total. The van der Waals surface area contributed by atoms with Crippen molar-refractivity contribution in [2.24, 2.45) is 11.7 Å². The first-order valence-corrected chi connectivity index (χ1v) is 7.76. The largest absolute Gasteiger partial charge is 0.342 e. The Morgan fingerprint density at radius 2 is 1.96 bits per heavy atom. The fourth-order valence-electron chi connectivity index (χ4n) is 3.19. The second-order valence-electron chi connectivity index (χ2n) is 5.86. The summed E-state index contributed by atoms with van der Waals surface area (Å²) in [6, 6.07) is 10.4. The summed E-state index contributed by atoms with van der Waals surface area (Å²) in [5.41, 5.74) is 7.21. The monoisotopic (exact) mass is 370 g/mol. The van der Waals surface area contributed by atoms with Gasteiger partial charge in [-0.25, -0.2) is 4.98 Å². The molecular formula is C17H24Cl2N4O. The molecule has 1 aliphatic heterocycles. The van der Waals surface area contributed by atoms with Crippen LogP contribution in [0.4, 0.5) is 0 Å². The second kappa shape index (κ2) is 9.67. The molecule has 1 fully saturated rings. The highest BCUT2D eigenvalue weighted by molar-refractivity contribution is 5.85. The zero-order valence-corrected chi connectivity index (χ0v) is 15.1. The smallest absolute Gasteiger partial charge is 0.224 e. The molecule has 1 aliphatic rings. The van der Waals surface area contributed by atoms with E-state index in [-0.39, 0.29) is 30.7 Å². The Balaban J connectivity index is 0.00000144. The van der Waals surface area contributed by atoms with Crippen LogP contribution in [0.25, 0.3) is 0 Å². The molecule has 0 aliphatic carbocycles. The first-order valence-electron chi connectivity index (χ1n) is 7.76. The molecule has 0 unspecified atom stereocenters. The van der Waals surface area contributed by atoms with Gasteiger partial charge in [-0.3, -0.25) is 4.79 Å². The number of likely N-dealkylation sites (tertiary alicyclic amines) is 1. The van der Waals surface area contributed by atoms with Gasteiger partial charge in [-0.05, 0) is 18.0 Å². The van der Waals surface area contributed by atoms with Crippen molar-refractivity contribution in [3.63, 3.8) is 0 Å². The first kappa shape index (κ1) is 20.5. The third kappa shape index (κ3) is 4.72. The fourth-order valence-corrected chi connectivity index (χ4v) is 3.19. The number of carbonyl (C=O) groups excluding carboxylic acids is 1. The lowest BCUT2D eigenvalue weighted by Crippen LogP contribution is -2.30. The summed E-state index contributed by atoms with van der Waals surface area (Å²) < 4.78 is 1.93. The normalized spacial score (nSPS) is 19.5. The topological polar surface area (TPSA) is 64.2 Å². The Kier molecular flexibility index (Phi) is 8.25. The van der Waals surface area contributed by atoms with E-state index in [0.29, 0.717) is 31.3 Å². The Hall–Kier alpha value is -1.56. The highest BCUT2D eigenvalue weighted by atomic mass is 35.5. The van der Waals surface area contributed by atoms with Crippen LogP contribution in [0.3, 0.4) is 0 Å². The molecular weight excluding hydrogens is 347 g/mol. The van der Waals surface area contributed by atoms with E-state index in [1.54, 1.807) is 12.5 Å². The number of carbonyl (C=O) groups is 1. The van der Waals surface area contributed by atoms with Gasteiger partial charge in [-0.15, -0.1) is 24.8 Å². The molecule has 1 amide bonds. The van der Waals surface area contributed by atoms with Crippen LogP contribution in [0.5, 0.6) is 0 Å². The lowest BCUT2D eigenvalue weighted by molar-refractivity contribution is -0.130. The van der Waals surface area contributed by atoms with E-state index in [4.69, 9.17) is 5.73 Å². The number of nitrogens with two attached hydrogens (primary N) is 1. The number of benzene rings is 1. The van der Waals surface area contributed by atoms with E-state index >= 15 is 0 Å². The summed E-state index contributed by atoms with van der Waals surface area (Å²) >= 11 is 0. The van der Waals surface area contributed by atoms with Gasteiger partial charge in [0.05, 0.1) is 6.33 Å². The Labute approximate surface area is 155 Å². The molecule has 7 heteroatoms. The van der Waals surface area contributed by atoms with E-state index in [9.17, 15) is 4.79 Å². The third-order valence-electron chi connectivity index (χ3n) is 4.47. The van der Waals surface area contributed by atoms with E-state index in [1.807, 2.05) is 33.9 Å². The number of aryl methyl sites for hydroxylation is 1. The maximum absolute atomic E-state index is 12.4. The summed E-state index contributed by atoms with van der Waals surface area (Å²) in [7, 11) is 0. The van der Waals surface area contributed by atoms with E-state index in [1.165, 1.54) is 5.56 Å². The van der Waals surface area contributed by atoms with Gasteiger partial charge in [0.15, 0.2) is 0 Å². The summed E-state index contributed by atoms with van der Waals surface area (Å²) in [5.74, 6) is 0.897. The number of hydrogen-bond donors (Lipinski definition) is 1. The van der Waals surface area contributed by atoms with Crippen molar-refractivity contribution >= 4 is 30.7 Å². The number of halogens is 2. The molecule has 5 nitrogen and oxygen atoms in total. The quantitative estimate of drug-likeness (QED) is 0.877. The maximum Gasteiger partial charge on any atom is 0.224 e. The predicted octanol–water partition coefficient (Wildman–Crippen LogP) is 2.32. The zero-order valence-electron chi connectivity index (χ0n) is 13.5. The lowest BCUT2D eigenvalue weighted by Gasteiger charge is -2.17. The third-order valence-corrected chi connectivity index (χ3v) is 4.47. The SMILES string of the molecule is Cl.Cl.NC[C@@H]1CN(C(=O)CCn2ccnc2)C[C@H]1c1ccccc1. The molecule has 1 aromatic heterocycles.